The van der Waals surface area contributed by atoms with E-state index in [2.05, 4.69) is 48.2 Å². The second-order valence-corrected chi connectivity index (χ2v) is 7.31. The Morgan fingerprint density at radius 3 is 2.48 bits per heavy atom. The molecule has 0 bridgehead atoms. The molecule has 1 heterocycles. The molecule has 1 fully saturated rings. The molecule has 0 unspecified atom stereocenters. The number of nitrogens with zero attached hydrogens (tertiary/aromatic N) is 2. The van der Waals surface area contributed by atoms with Gasteiger partial charge >= 0.3 is 0 Å². The maximum absolute atomic E-state index is 12.6. The molecule has 2 aromatic rings. The molecule has 1 aliphatic rings. The summed E-state index contributed by atoms with van der Waals surface area (Å²) in [7, 11) is 1.70. The number of hydrogen-bond donors (Lipinski definition) is 0. The number of carbonyl (C=O) groups is 1. The van der Waals surface area contributed by atoms with E-state index in [1.54, 1.807) is 7.11 Å². The van der Waals surface area contributed by atoms with Crippen LogP contribution in [-0.2, 0) is 11.3 Å². The quantitative estimate of drug-likeness (QED) is 0.759. The Bertz CT molecular complexity index is 749. The van der Waals surface area contributed by atoms with E-state index in [0.29, 0.717) is 6.42 Å². The Hall–Kier alpha value is -2.33. The van der Waals surface area contributed by atoms with E-state index in [1.165, 1.54) is 11.1 Å². The van der Waals surface area contributed by atoms with Gasteiger partial charge in [-0.15, -0.1) is 0 Å². The fourth-order valence-corrected chi connectivity index (χ4v) is 3.80. The Labute approximate surface area is 162 Å². The first-order valence-corrected chi connectivity index (χ1v) is 9.84. The molecule has 0 radical (unpaired) electrons. The molecule has 1 amide bonds. The highest BCUT2D eigenvalue weighted by Gasteiger charge is 2.28. The highest BCUT2D eigenvalue weighted by atomic mass is 16.5. The second kappa shape index (κ2) is 9.05. The first-order chi connectivity index (χ1) is 13.1. The van der Waals surface area contributed by atoms with Crippen LogP contribution in [0.5, 0.6) is 5.75 Å². The summed E-state index contributed by atoms with van der Waals surface area (Å²) in [4.78, 5) is 17.1. The molecule has 0 spiro atoms. The van der Waals surface area contributed by atoms with Crippen molar-refractivity contribution in [1.29, 1.82) is 0 Å². The third-order valence-electron chi connectivity index (χ3n) is 5.35. The fraction of sp³-hybridized carbons (Fsp3) is 0.435. The van der Waals surface area contributed by atoms with Crippen LogP contribution >= 0.6 is 0 Å². The normalized spacial score (nSPS) is 15.5. The van der Waals surface area contributed by atoms with Crippen LogP contribution in [0.3, 0.4) is 0 Å². The minimum atomic E-state index is 0.213. The summed E-state index contributed by atoms with van der Waals surface area (Å²) in [6.07, 6.45) is 2.55. The van der Waals surface area contributed by atoms with Crippen molar-refractivity contribution < 1.29 is 9.53 Å². The smallest absolute Gasteiger partial charge is 0.226 e. The third-order valence-corrected chi connectivity index (χ3v) is 5.35. The Kier molecular flexibility index (Phi) is 6.51. The lowest BCUT2D eigenvalue weighted by molar-refractivity contribution is -0.119. The molecule has 0 aliphatic carbocycles. The van der Waals surface area contributed by atoms with E-state index in [9.17, 15) is 4.79 Å². The zero-order valence-electron chi connectivity index (χ0n) is 16.6. The zero-order chi connectivity index (χ0) is 19.2. The molecule has 3 rings (SSSR count). The Morgan fingerprint density at radius 1 is 1.15 bits per heavy atom. The Morgan fingerprint density at radius 2 is 1.85 bits per heavy atom. The summed E-state index contributed by atoms with van der Waals surface area (Å²) in [5.74, 6) is 1.12. The summed E-state index contributed by atoms with van der Waals surface area (Å²) in [6, 6.07) is 16.9. The van der Waals surface area contributed by atoms with Gasteiger partial charge in [-0.25, -0.2) is 0 Å². The molecule has 0 N–H and O–H groups in total. The molecule has 1 aliphatic heterocycles. The van der Waals surface area contributed by atoms with Crippen LogP contribution in [0.2, 0.25) is 0 Å². The van der Waals surface area contributed by atoms with Crippen LogP contribution in [0.1, 0.15) is 37.3 Å². The molecule has 144 valence electrons. The van der Waals surface area contributed by atoms with Gasteiger partial charge in [-0.2, -0.15) is 0 Å². The minimum Gasteiger partial charge on any atom is -0.497 e. The predicted octanol–water partition coefficient (Wildman–Crippen LogP) is 4.41. The summed E-state index contributed by atoms with van der Waals surface area (Å²) >= 11 is 0. The summed E-state index contributed by atoms with van der Waals surface area (Å²) in [5, 5.41) is 0. The topological polar surface area (TPSA) is 32.8 Å². The number of rotatable bonds is 6. The molecule has 4 nitrogen and oxygen atoms in total. The fourth-order valence-electron chi connectivity index (χ4n) is 3.80. The first kappa shape index (κ1) is 19.4. The van der Waals surface area contributed by atoms with Gasteiger partial charge in [0.05, 0.1) is 7.11 Å². The number of likely N-dealkylation sites (tertiary alicyclic amines) is 1. The van der Waals surface area contributed by atoms with Crippen molar-refractivity contribution in [3.63, 3.8) is 0 Å². The number of amides is 1. The third kappa shape index (κ3) is 4.89. The lowest BCUT2D eigenvalue weighted by Crippen LogP contribution is -2.47. The lowest BCUT2D eigenvalue weighted by atomic mass is 10.0. The number of ether oxygens (including phenoxy) is 1. The average Bonchev–Trinajstić information content (AvgIpc) is 2.71. The number of aryl methyl sites for hydroxylation is 1. The van der Waals surface area contributed by atoms with Gasteiger partial charge < -0.3 is 9.64 Å². The number of carbonyl (C=O) groups excluding carboxylic acids is 1. The Balaban J connectivity index is 1.65. The van der Waals surface area contributed by atoms with Gasteiger partial charge in [0.25, 0.3) is 0 Å². The number of benzene rings is 2. The lowest BCUT2D eigenvalue weighted by Gasteiger charge is -2.38. The number of hydrogen-bond acceptors (Lipinski definition) is 3. The van der Waals surface area contributed by atoms with Crippen LogP contribution < -0.4 is 9.64 Å². The number of anilines is 1. The highest BCUT2D eigenvalue weighted by Crippen LogP contribution is 2.26. The van der Waals surface area contributed by atoms with Crippen LogP contribution in [-0.4, -0.2) is 37.0 Å². The SMILES string of the molecule is CCC(=O)N(c1ccc(C)cc1)C1CCN(Cc2cccc(OC)c2)CC1. The molecule has 0 atom stereocenters. The van der Waals surface area contributed by atoms with Gasteiger partial charge in [-0.1, -0.05) is 36.8 Å². The van der Waals surface area contributed by atoms with E-state index >= 15 is 0 Å². The van der Waals surface area contributed by atoms with E-state index < -0.39 is 0 Å². The zero-order valence-corrected chi connectivity index (χ0v) is 16.6. The molecular weight excluding hydrogens is 336 g/mol. The predicted molar refractivity (Wildman–Crippen MR) is 110 cm³/mol. The first-order valence-electron chi connectivity index (χ1n) is 9.84. The largest absolute Gasteiger partial charge is 0.497 e. The molecule has 0 aromatic heterocycles. The summed E-state index contributed by atoms with van der Waals surface area (Å²) in [6.45, 7) is 6.95. The molecule has 1 saturated heterocycles. The van der Waals surface area contributed by atoms with Gasteiger partial charge in [-0.3, -0.25) is 9.69 Å². The van der Waals surface area contributed by atoms with Crippen molar-refractivity contribution in [2.45, 2.75) is 45.7 Å². The number of methoxy groups -OCH3 is 1. The molecule has 2 aromatic carbocycles. The summed E-state index contributed by atoms with van der Waals surface area (Å²) in [5.41, 5.74) is 3.52. The van der Waals surface area contributed by atoms with Crippen molar-refractivity contribution in [3.8, 4) is 5.75 Å². The van der Waals surface area contributed by atoms with E-state index in [0.717, 1.165) is 43.9 Å². The van der Waals surface area contributed by atoms with Crippen LogP contribution in [0.15, 0.2) is 48.5 Å². The van der Waals surface area contributed by atoms with Crippen LogP contribution in [0, 0.1) is 6.92 Å². The molecular formula is C23H30N2O2. The average molecular weight is 367 g/mol. The van der Waals surface area contributed by atoms with Gasteiger partial charge in [0.2, 0.25) is 5.91 Å². The van der Waals surface area contributed by atoms with Crippen molar-refractivity contribution in [2.24, 2.45) is 0 Å². The number of piperidine rings is 1. The van der Waals surface area contributed by atoms with E-state index in [4.69, 9.17) is 4.74 Å². The van der Waals surface area contributed by atoms with Gasteiger partial charge in [0.15, 0.2) is 0 Å². The monoisotopic (exact) mass is 366 g/mol. The standard InChI is InChI=1S/C23H30N2O2/c1-4-23(26)25(20-10-8-18(2)9-11-20)21-12-14-24(15-13-21)17-19-6-5-7-22(16-19)27-3/h5-11,16,21H,4,12-15,17H2,1-3H3. The maximum atomic E-state index is 12.6. The van der Waals surface area contributed by atoms with Crippen molar-refractivity contribution in [2.75, 3.05) is 25.1 Å². The molecule has 0 saturated carbocycles. The maximum Gasteiger partial charge on any atom is 0.226 e. The van der Waals surface area contributed by atoms with Crippen molar-refractivity contribution >= 4 is 11.6 Å². The molecule has 4 heteroatoms. The molecule has 27 heavy (non-hydrogen) atoms. The second-order valence-electron chi connectivity index (χ2n) is 7.31. The minimum absolute atomic E-state index is 0.213. The van der Waals surface area contributed by atoms with Gasteiger partial charge in [-0.05, 0) is 49.6 Å². The van der Waals surface area contributed by atoms with Crippen molar-refractivity contribution in [3.05, 3.63) is 59.7 Å². The van der Waals surface area contributed by atoms with E-state index in [-0.39, 0.29) is 11.9 Å². The van der Waals surface area contributed by atoms with E-state index in [1.807, 2.05) is 24.0 Å². The van der Waals surface area contributed by atoms with Crippen LogP contribution in [0.25, 0.3) is 0 Å². The van der Waals surface area contributed by atoms with Crippen LogP contribution in [0.4, 0.5) is 5.69 Å². The highest BCUT2D eigenvalue weighted by molar-refractivity contribution is 5.93. The van der Waals surface area contributed by atoms with Gasteiger partial charge in [0, 0.05) is 37.8 Å². The van der Waals surface area contributed by atoms with Crippen molar-refractivity contribution in [1.82, 2.24) is 4.90 Å². The summed E-state index contributed by atoms with van der Waals surface area (Å²) < 4.78 is 5.33. The van der Waals surface area contributed by atoms with Gasteiger partial charge in [0.1, 0.15) is 5.75 Å².